The van der Waals surface area contributed by atoms with Crippen molar-refractivity contribution in [2.24, 2.45) is 0 Å². The summed E-state index contributed by atoms with van der Waals surface area (Å²) in [5, 5.41) is 20.2. The zero-order chi connectivity index (χ0) is 17.6. The number of amides is 1. The molecule has 1 aromatic heterocycles. The Morgan fingerprint density at radius 3 is 2.80 bits per heavy atom. The largest absolute Gasteiger partial charge is 0.296 e. The molecule has 0 radical (unpaired) electrons. The highest BCUT2D eigenvalue weighted by molar-refractivity contribution is 8.00. The quantitative estimate of drug-likeness (QED) is 0.539. The van der Waals surface area contributed by atoms with Crippen molar-refractivity contribution in [2.45, 2.75) is 17.0 Å². The maximum Gasteiger partial charge on any atom is 0.257 e. The number of carbonyl (C=O) groups is 1. The van der Waals surface area contributed by atoms with Crippen LogP contribution >= 0.6 is 23.1 Å². The molecule has 1 amide bonds. The van der Waals surface area contributed by atoms with Gasteiger partial charge in [-0.2, -0.15) is 5.26 Å². The van der Waals surface area contributed by atoms with E-state index >= 15 is 0 Å². The standard InChI is InChI=1S/C18H14N4OS2/c1-12-5-7-13(8-6-12)11-24-18-22-21-17(25-18)20-16(23)15-4-2-3-14(9-15)10-19/h2-9H,11H2,1H3,(H,20,21,23). The van der Waals surface area contributed by atoms with Gasteiger partial charge in [-0.05, 0) is 30.7 Å². The first-order valence-corrected chi connectivity index (χ1v) is 9.27. The molecule has 1 heterocycles. The Morgan fingerprint density at radius 2 is 2.04 bits per heavy atom. The van der Waals surface area contributed by atoms with Crippen molar-refractivity contribution in [1.82, 2.24) is 10.2 Å². The third-order valence-corrected chi connectivity index (χ3v) is 5.41. The van der Waals surface area contributed by atoms with Gasteiger partial charge in [-0.3, -0.25) is 10.1 Å². The number of nitrogens with one attached hydrogen (secondary N) is 1. The lowest BCUT2D eigenvalue weighted by Gasteiger charge is -2.01. The Morgan fingerprint density at radius 1 is 1.24 bits per heavy atom. The Balaban J connectivity index is 1.60. The highest BCUT2D eigenvalue weighted by Gasteiger charge is 2.11. The predicted octanol–water partition coefficient (Wildman–Crippen LogP) is 4.26. The Hall–Kier alpha value is -2.69. The minimum atomic E-state index is -0.302. The van der Waals surface area contributed by atoms with Crippen LogP contribution in [-0.4, -0.2) is 16.1 Å². The van der Waals surface area contributed by atoms with Crippen molar-refractivity contribution in [2.75, 3.05) is 5.32 Å². The summed E-state index contributed by atoms with van der Waals surface area (Å²) in [5.74, 6) is 0.496. The van der Waals surface area contributed by atoms with Crippen LogP contribution in [-0.2, 0) is 5.75 Å². The van der Waals surface area contributed by atoms with Gasteiger partial charge in [0, 0.05) is 11.3 Å². The second-order valence-electron chi connectivity index (χ2n) is 5.29. The molecule has 3 rings (SSSR count). The van der Waals surface area contributed by atoms with E-state index in [0.717, 1.165) is 10.1 Å². The summed E-state index contributed by atoms with van der Waals surface area (Å²) in [6, 6.07) is 16.9. The molecule has 0 bridgehead atoms. The number of hydrogen-bond donors (Lipinski definition) is 1. The first kappa shape index (κ1) is 17.1. The molecule has 3 aromatic rings. The molecule has 0 aliphatic heterocycles. The molecule has 1 N–H and O–H groups in total. The molecule has 0 fully saturated rings. The van der Waals surface area contributed by atoms with E-state index in [9.17, 15) is 4.79 Å². The minimum absolute atomic E-state index is 0.302. The van der Waals surface area contributed by atoms with Crippen molar-refractivity contribution in [1.29, 1.82) is 5.26 Å². The summed E-state index contributed by atoms with van der Waals surface area (Å²) in [6.45, 7) is 2.06. The van der Waals surface area contributed by atoms with Crippen LogP contribution in [0.2, 0.25) is 0 Å². The molecule has 0 atom stereocenters. The highest BCUT2D eigenvalue weighted by Crippen LogP contribution is 2.28. The Kier molecular flexibility index (Phi) is 5.43. The molecule has 0 spiro atoms. The van der Waals surface area contributed by atoms with Crippen LogP contribution in [0.5, 0.6) is 0 Å². The molecule has 0 unspecified atom stereocenters. The zero-order valence-electron chi connectivity index (χ0n) is 13.4. The van der Waals surface area contributed by atoms with E-state index in [1.165, 1.54) is 22.5 Å². The van der Waals surface area contributed by atoms with Crippen LogP contribution in [0.25, 0.3) is 0 Å². The average molecular weight is 366 g/mol. The van der Waals surface area contributed by atoms with Gasteiger partial charge < -0.3 is 0 Å². The average Bonchev–Trinajstić information content (AvgIpc) is 3.08. The summed E-state index contributed by atoms with van der Waals surface area (Å²) >= 11 is 2.91. The van der Waals surface area contributed by atoms with E-state index in [1.54, 1.807) is 36.0 Å². The van der Waals surface area contributed by atoms with Crippen LogP contribution in [0.15, 0.2) is 52.9 Å². The molecule has 0 aliphatic rings. The van der Waals surface area contributed by atoms with Crippen LogP contribution in [0.4, 0.5) is 5.13 Å². The number of rotatable bonds is 5. The van der Waals surface area contributed by atoms with Gasteiger partial charge in [0.25, 0.3) is 5.91 Å². The lowest BCUT2D eigenvalue weighted by Crippen LogP contribution is -2.11. The first-order chi connectivity index (χ1) is 12.1. The third-order valence-electron chi connectivity index (χ3n) is 3.36. The fourth-order valence-electron chi connectivity index (χ4n) is 2.05. The first-order valence-electron chi connectivity index (χ1n) is 7.47. The molecular weight excluding hydrogens is 352 g/mol. The van der Waals surface area contributed by atoms with Crippen molar-refractivity contribution < 1.29 is 4.79 Å². The van der Waals surface area contributed by atoms with Gasteiger partial charge in [-0.15, -0.1) is 10.2 Å². The fraction of sp³-hybridized carbons (Fsp3) is 0.111. The number of thioether (sulfide) groups is 1. The molecule has 0 saturated carbocycles. The van der Waals surface area contributed by atoms with E-state index in [4.69, 9.17) is 5.26 Å². The predicted molar refractivity (Wildman–Crippen MR) is 99.8 cm³/mol. The number of aryl methyl sites for hydroxylation is 1. The number of nitrogens with zero attached hydrogens (tertiary/aromatic N) is 3. The second-order valence-corrected chi connectivity index (χ2v) is 7.49. The number of nitriles is 1. The molecule has 7 heteroatoms. The molecule has 0 aliphatic carbocycles. The number of hydrogen-bond acceptors (Lipinski definition) is 6. The molecule has 5 nitrogen and oxygen atoms in total. The molecule has 0 saturated heterocycles. The SMILES string of the molecule is Cc1ccc(CSc2nnc(NC(=O)c3cccc(C#N)c3)s2)cc1. The third kappa shape index (κ3) is 4.66. The van der Waals surface area contributed by atoms with Gasteiger partial charge in [0.15, 0.2) is 4.34 Å². The number of anilines is 1. The van der Waals surface area contributed by atoms with E-state index in [1.807, 2.05) is 6.07 Å². The second kappa shape index (κ2) is 7.92. The lowest BCUT2D eigenvalue weighted by atomic mass is 10.1. The topological polar surface area (TPSA) is 78.7 Å². The minimum Gasteiger partial charge on any atom is -0.296 e. The van der Waals surface area contributed by atoms with Gasteiger partial charge in [0.2, 0.25) is 5.13 Å². The van der Waals surface area contributed by atoms with Crippen molar-refractivity contribution in [3.05, 3.63) is 70.8 Å². The molecule has 2 aromatic carbocycles. The van der Waals surface area contributed by atoms with Gasteiger partial charge in [0.1, 0.15) is 0 Å². The maximum absolute atomic E-state index is 12.2. The zero-order valence-corrected chi connectivity index (χ0v) is 15.0. The van der Waals surface area contributed by atoms with Crippen LogP contribution in [0.3, 0.4) is 0 Å². The van der Waals surface area contributed by atoms with Gasteiger partial charge in [-0.25, -0.2) is 0 Å². The summed E-state index contributed by atoms with van der Waals surface area (Å²) in [4.78, 5) is 12.2. The fourth-order valence-corrected chi connectivity index (χ4v) is 3.75. The molecular formula is C18H14N4OS2. The van der Waals surface area contributed by atoms with Gasteiger partial charge in [0.05, 0.1) is 11.6 Å². The van der Waals surface area contributed by atoms with E-state index in [-0.39, 0.29) is 5.91 Å². The normalized spacial score (nSPS) is 10.2. The number of carbonyl (C=O) groups excluding carboxylic acids is 1. The van der Waals surface area contributed by atoms with E-state index in [2.05, 4.69) is 46.7 Å². The Labute approximate surface area is 153 Å². The Bertz CT molecular complexity index is 929. The summed E-state index contributed by atoms with van der Waals surface area (Å²) in [6.07, 6.45) is 0. The highest BCUT2D eigenvalue weighted by atomic mass is 32.2. The van der Waals surface area contributed by atoms with Crippen molar-refractivity contribution >= 4 is 34.1 Å². The van der Waals surface area contributed by atoms with Gasteiger partial charge >= 0.3 is 0 Å². The van der Waals surface area contributed by atoms with Crippen LogP contribution in [0.1, 0.15) is 27.0 Å². The van der Waals surface area contributed by atoms with Crippen molar-refractivity contribution in [3.63, 3.8) is 0 Å². The van der Waals surface area contributed by atoms with Crippen LogP contribution < -0.4 is 5.32 Å². The summed E-state index contributed by atoms with van der Waals surface area (Å²) < 4.78 is 0.793. The van der Waals surface area contributed by atoms with Gasteiger partial charge in [-0.1, -0.05) is 59.0 Å². The summed E-state index contributed by atoms with van der Waals surface area (Å²) in [5.41, 5.74) is 3.31. The van der Waals surface area contributed by atoms with Crippen molar-refractivity contribution in [3.8, 4) is 6.07 Å². The maximum atomic E-state index is 12.2. The monoisotopic (exact) mass is 366 g/mol. The summed E-state index contributed by atoms with van der Waals surface area (Å²) in [7, 11) is 0. The lowest BCUT2D eigenvalue weighted by molar-refractivity contribution is 0.102. The molecule has 25 heavy (non-hydrogen) atoms. The van der Waals surface area contributed by atoms with E-state index < -0.39 is 0 Å². The number of aromatic nitrogens is 2. The van der Waals surface area contributed by atoms with Crippen LogP contribution in [0, 0.1) is 18.3 Å². The number of benzene rings is 2. The molecule has 124 valence electrons. The van der Waals surface area contributed by atoms with E-state index in [0.29, 0.717) is 16.3 Å². The smallest absolute Gasteiger partial charge is 0.257 e.